The lowest BCUT2D eigenvalue weighted by molar-refractivity contribution is -0.138. The predicted molar refractivity (Wildman–Crippen MR) is 57.2 cm³/mol. The minimum atomic E-state index is -0.887. The molecule has 0 saturated heterocycles. The zero-order chi connectivity index (χ0) is 11.4. The van der Waals surface area contributed by atoms with Crippen LogP contribution in [-0.4, -0.2) is 34.1 Å². The molecule has 82 valence electrons. The summed E-state index contributed by atoms with van der Waals surface area (Å²) in [6, 6.07) is -0.613. The number of hydrogen-bond acceptors (Lipinski definition) is 4. The molecule has 0 fully saturated rings. The van der Waals surface area contributed by atoms with E-state index in [2.05, 4.69) is 9.97 Å². The number of likely N-dealkylation sites (N-methyl/N-ethyl adjacent to an activating group) is 1. The van der Waals surface area contributed by atoms with Crippen LogP contribution in [0.5, 0.6) is 0 Å². The van der Waals surface area contributed by atoms with Crippen LogP contribution in [0.4, 0.5) is 5.82 Å². The maximum atomic E-state index is 10.9. The van der Waals surface area contributed by atoms with E-state index >= 15 is 0 Å². The Kier molecular flexibility index (Phi) is 3.85. The molecule has 1 aromatic rings. The quantitative estimate of drug-likeness (QED) is 0.846. The van der Waals surface area contributed by atoms with Crippen molar-refractivity contribution in [3.05, 3.63) is 17.5 Å². The van der Waals surface area contributed by atoms with Crippen LogP contribution in [0, 0.1) is 0 Å². The molecule has 1 heterocycles. The predicted octanol–water partition coefficient (Wildman–Crippen LogP) is 1.43. The van der Waals surface area contributed by atoms with E-state index in [1.807, 2.05) is 0 Å². The van der Waals surface area contributed by atoms with Crippen LogP contribution in [0.3, 0.4) is 0 Å². The number of carboxylic acids is 1. The second kappa shape index (κ2) is 4.93. The SMILES string of the molecule is CCC(C(=O)O)N(C)c1cncc(Cl)n1. The second-order valence-corrected chi connectivity index (χ2v) is 3.46. The molecule has 1 atom stereocenters. The van der Waals surface area contributed by atoms with E-state index in [1.54, 1.807) is 18.9 Å². The summed E-state index contributed by atoms with van der Waals surface area (Å²) < 4.78 is 0. The lowest BCUT2D eigenvalue weighted by Crippen LogP contribution is -2.38. The van der Waals surface area contributed by atoms with Crippen LogP contribution in [0.25, 0.3) is 0 Å². The summed E-state index contributed by atoms with van der Waals surface area (Å²) in [5.74, 6) is -0.432. The first kappa shape index (κ1) is 11.7. The number of nitrogens with zero attached hydrogens (tertiary/aromatic N) is 3. The van der Waals surface area contributed by atoms with E-state index in [0.29, 0.717) is 12.2 Å². The van der Waals surface area contributed by atoms with Crippen molar-refractivity contribution >= 4 is 23.4 Å². The topological polar surface area (TPSA) is 66.3 Å². The molecule has 0 aliphatic carbocycles. The van der Waals surface area contributed by atoms with Crippen molar-refractivity contribution in [3.63, 3.8) is 0 Å². The van der Waals surface area contributed by atoms with E-state index < -0.39 is 12.0 Å². The van der Waals surface area contributed by atoms with Gasteiger partial charge in [0.1, 0.15) is 17.0 Å². The Morgan fingerprint density at radius 2 is 2.33 bits per heavy atom. The van der Waals surface area contributed by atoms with E-state index in [4.69, 9.17) is 16.7 Å². The average molecular weight is 230 g/mol. The van der Waals surface area contributed by atoms with E-state index in [-0.39, 0.29) is 5.15 Å². The first-order chi connectivity index (χ1) is 7.06. The fourth-order valence-corrected chi connectivity index (χ4v) is 1.42. The Labute approximate surface area is 92.7 Å². The van der Waals surface area contributed by atoms with Gasteiger partial charge in [-0.05, 0) is 6.42 Å². The Morgan fingerprint density at radius 3 is 2.80 bits per heavy atom. The average Bonchev–Trinajstić information content (AvgIpc) is 2.18. The van der Waals surface area contributed by atoms with E-state index in [9.17, 15) is 4.79 Å². The molecular formula is C9H12ClN3O2. The number of aliphatic carboxylic acids is 1. The fraction of sp³-hybridized carbons (Fsp3) is 0.444. The molecule has 15 heavy (non-hydrogen) atoms. The van der Waals surface area contributed by atoms with Crippen molar-refractivity contribution in [2.24, 2.45) is 0 Å². The molecule has 0 aliphatic rings. The van der Waals surface area contributed by atoms with E-state index in [0.717, 1.165) is 0 Å². The summed E-state index contributed by atoms with van der Waals surface area (Å²) >= 11 is 5.67. The number of rotatable bonds is 4. The Morgan fingerprint density at radius 1 is 1.67 bits per heavy atom. The zero-order valence-corrected chi connectivity index (χ0v) is 9.27. The lowest BCUT2D eigenvalue weighted by Gasteiger charge is -2.24. The molecule has 1 N–H and O–H groups in total. The lowest BCUT2D eigenvalue weighted by atomic mass is 10.2. The van der Waals surface area contributed by atoms with Gasteiger partial charge in [0.05, 0.1) is 12.4 Å². The van der Waals surface area contributed by atoms with Crippen molar-refractivity contribution < 1.29 is 9.90 Å². The molecule has 0 spiro atoms. The molecule has 0 aromatic carbocycles. The molecule has 0 aliphatic heterocycles. The first-order valence-electron chi connectivity index (χ1n) is 4.49. The molecule has 6 heteroatoms. The van der Waals surface area contributed by atoms with Crippen molar-refractivity contribution in [2.75, 3.05) is 11.9 Å². The highest BCUT2D eigenvalue weighted by atomic mass is 35.5. The Hall–Kier alpha value is -1.36. The molecule has 0 saturated carbocycles. The highest BCUT2D eigenvalue weighted by Crippen LogP contribution is 2.15. The summed E-state index contributed by atoms with van der Waals surface area (Å²) in [6.07, 6.45) is 3.37. The molecular weight excluding hydrogens is 218 g/mol. The molecule has 1 rings (SSSR count). The van der Waals surface area contributed by atoms with Gasteiger partial charge in [-0.2, -0.15) is 0 Å². The smallest absolute Gasteiger partial charge is 0.326 e. The van der Waals surface area contributed by atoms with Crippen molar-refractivity contribution in [2.45, 2.75) is 19.4 Å². The van der Waals surface area contributed by atoms with Gasteiger partial charge in [-0.15, -0.1) is 0 Å². The third-order valence-corrected chi connectivity index (χ3v) is 2.28. The zero-order valence-electron chi connectivity index (χ0n) is 8.51. The molecule has 0 amide bonds. The minimum absolute atomic E-state index is 0.250. The molecule has 1 unspecified atom stereocenters. The highest BCUT2D eigenvalue weighted by Gasteiger charge is 2.21. The standard InChI is InChI=1S/C9H12ClN3O2/c1-3-6(9(14)15)13(2)8-5-11-4-7(10)12-8/h4-6H,3H2,1-2H3,(H,14,15). The Balaban J connectivity index is 2.92. The molecule has 0 radical (unpaired) electrons. The maximum Gasteiger partial charge on any atom is 0.326 e. The van der Waals surface area contributed by atoms with Crippen LogP contribution >= 0.6 is 11.6 Å². The summed E-state index contributed by atoms with van der Waals surface area (Å²) in [5, 5.41) is 9.20. The van der Waals surface area contributed by atoms with Gasteiger partial charge in [0.25, 0.3) is 0 Å². The van der Waals surface area contributed by atoms with E-state index in [1.165, 1.54) is 12.4 Å². The Bertz CT molecular complexity index is 359. The molecule has 0 bridgehead atoms. The number of carbonyl (C=O) groups is 1. The van der Waals surface area contributed by atoms with Crippen LogP contribution in [0.2, 0.25) is 5.15 Å². The monoisotopic (exact) mass is 229 g/mol. The summed E-state index contributed by atoms with van der Waals surface area (Å²) in [5.41, 5.74) is 0. The molecule has 1 aromatic heterocycles. The van der Waals surface area contributed by atoms with Gasteiger partial charge < -0.3 is 10.0 Å². The van der Waals surface area contributed by atoms with Gasteiger partial charge in [0.15, 0.2) is 0 Å². The van der Waals surface area contributed by atoms with Gasteiger partial charge in [0.2, 0.25) is 0 Å². The van der Waals surface area contributed by atoms with Crippen LogP contribution in [-0.2, 0) is 4.79 Å². The molecule has 5 nitrogen and oxygen atoms in total. The van der Waals surface area contributed by atoms with Crippen LogP contribution < -0.4 is 4.90 Å². The van der Waals surface area contributed by atoms with Gasteiger partial charge in [-0.3, -0.25) is 4.98 Å². The third kappa shape index (κ3) is 2.79. The normalized spacial score (nSPS) is 12.2. The van der Waals surface area contributed by atoms with Gasteiger partial charge in [0, 0.05) is 7.05 Å². The van der Waals surface area contributed by atoms with Gasteiger partial charge in [-0.25, -0.2) is 9.78 Å². The number of halogens is 1. The summed E-state index contributed by atoms with van der Waals surface area (Å²) in [4.78, 5) is 20.3. The van der Waals surface area contributed by atoms with Crippen molar-refractivity contribution in [1.29, 1.82) is 0 Å². The second-order valence-electron chi connectivity index (χ2n) is 3.07. The van der Waals surface area contributed by atoms with Crippen molar-refractivity contribution in [1.82, 2.24) is 9.97 Å². The number of carboxylic acid groups (broad SMARTS) is 1. The summed E-state index contributed by atoms with van der Waals surface area (Å²) in [6.45, 7) is 1.80. The third-order valence-electron chi connectivity index (χ3n) is 2.09. The van der Waals surface area contributed by atoms with Gasteiger partial charge in [-0.1, -0.05) is 18.5 Å². The summed E-state index contributed by atoms with van der Waals surface area (Å²) in [7, 11) is 1.66. The minimum Gasteiger partial charge on any atom is -0.480 e. The number of hydrogen-bond donors (Lipinski definition) is 1. The first-order valence-corrected chi connectivity index (χ1v) is 4.87. The van der Waals surface area contributed by atoms with Crippen LogP contribution in [0.15, 0.2) is 12.4 Å². The number of aromatic nitrogens is 2. The van der Waals surface area contributed by atoms with Gasteiger partial charge >= 0.3 is 5.97 Å². The largest absolute Gasteiger partial charge is 0.480 e. The van der Waals surface area contributed by atoms with Crippen LogP contribution in [0.1, 0.15) is 13.3 Å². The number of anilines is 1. The maximum absolute atomic E-state index is 10.9. The van der Waals surface area contributed by atoms with Crippen molar-refractivity contribution in [3.8, 4) is 0 Å². The highest BCUT2D eigenvalue weighted by molar-refractivity contribution is 6.29. The fourth-order valence-electron chi connectivity index (χ4n) is 1.28.